The normalized spacial score (nSPS) is 27.4. The van der Waals surface area contributed by atoms with Crippen molar-refractivity contribution in [3.63, 3.8) is 0 Å². The van der Waals surface area contributed by atoms with Crippen molar-refractivity contribution in [2.75, 3.05) is 45.2 Å². The zero-order valence-electron chi connectivity index (χ0n) is 13.0. The third-order valence-corrected chi connectivity index (χ3v) is 6.20. The second kappa shape index (κ2) is 7.07. The fourth-order valence-electron chi connectivity index (χ4n) is 3.08. The van der Waals surface area contributed by atoms with Crippen LogP contribution < -0.4 is 5.32 Å². The molecule has 0 aromatic carbocycles. The number of carbonyl (C=O) groups is 1. The van der Waals surface area contributed by atoms with Gasteiger partial charge in [-0.05, 0) is 25.7 Å². The molecule has 21 heavy (non-hydrogen) atoms. The lowest BCUT2D eigenvalue weighted by molar-refractivity contribution is -0.130. The van der Waals surface area contributed by atoms with Crippen LogP contribution in [0.3, 0.4) is 0 Å². The van der Waals surface area contributed by atoms with Crippen LogP contribution in [-0.2, 0) is 14.6 Å². The summed E-state index contributed by atoms with van der Waals surface area (Å²) in [7, 11) is 0.714. The summed E-state index contributed by atoms with van der Waals surface area (Å²) in [5.41, 5.74) is 0. The van der Waals surface area contributed by atoms with Gasteiger partial charge in [-0.2, -0.15) is 0 Å². The summed E-state index contributed by atoms with van der Waals surface area (Å²) >= 11 is 0. The molecule has 2 fully saturated rings. The first-order chi connectivity index (χ1) is 9.85. The van der Waals surface area contributed by atoms with Gasteiger partial charge in [-0.1, -0.05) is 0 Å². The Hall–Kier alpha value is -0.660. The fourth-order valence-corrected chi connectivity index (χ4v) is 4.73. The van der Waals surface area contributed by atoms with E-state index < -0.39 is 9.84 Å². The van der Waals surface area contributed by atoms with Gasteiger partial charge in [0.2, 0.25) is 5.91 Å². The van der Waals surface area contributed by atoms with Crippen LogP contribution in [0.1, 0.15) is 25.7 Å². The van der Waals surface area contributed by atoms with Gasteiger partial charge in [-0.3, -0.25) is 9.69 Å². The quantitative estimate of drug-likeness (QED) is 0.771. The van der Waals surface area contributed by atoms with Crippen molar-refractivity contribution in [2.45, 2.75) is 37.8 Å². The third-order valence-electron chi connectivity index (χ3n) is 4.38. The summed E-state index contributed by atoms with van der Waals surface area (Å²) in [6.45, 7) is 2.28. The molecule has 7 heteroatoms. The minimum Gasteiger partial charge on any atom is -0.348 e. The number of nitrogens with one attached hydrogen (secondary N) is 1. The number of hydrogen-bond acceptors (Lipinski definition) is 5. The molecule has 122 valence electrons. The average Bonchev–Trinajstić information content (AvgIpc) is 2.39. The van der Waals surface area contributed by atoms with Gasteiger partial charge in [0.1, 0.15) is 0 Å². The molecule has 2 aliphatic heterocycles. The molecule has 2 heterocycles. The topological polar surface area (TPSA) is 69.7 Å². The van der Waals surface area contributed by atoms with Crippen molar-refractivity contribution in [2.24, 2.45) is 0 Å². The van der Waals surface area contributed by atoms with E-state index in [2.05, 4.69) is 10.2 Å². The second-order valence-electron chi connectivity index (χ2n) is 6.46. The Morgan fingerprint density at radius 1 is 1.19 bits per heavy atom. The molecule has 6 nitrogen and oxygen atoms in total. The first-order valence-corrected chi connectivity index (χ1v) is 9.57. The summed E-state index contributed by atoms with van der Waals surface area (Å²) in [4.78, 5) is 15.5. The van der Waals surface area contributed by atoms with E-state index in [1.54, 1.807) is 19.0 Å². The van der Waals surface area contributed by atoms with E-state index >= 15 is 0 Å². The second-order valence-corrected chi connectivity index (χ2v) is 8.69. The summed E-state index contributed by atoms with van der Waals surface area (Å²) in [5, 5.41) is 3.51. The van der Waals surface area contributed by atoms with Crippen LogP contribution in [0.25, 0.3) is 0 Å². The molecule has 1 unspecified atom stereocenters. The highest BCUT2D eigenvalue weighted by Crippen LogP contribution is 2.16. The van der Waals surface area contributed by atoms with Crippen LogP contribution in [0.2, 0.25) is 0 Å². The van der Waals surface area contributed by atoms with Gasteiger partial charge in [-0.25, -0.2) is 8.42 Å². The lowest BCUT2D eigenvalue weighted by Gasteiger charge is -2.35. The van der Waals surface area contributed by atoms with Crippen molar-refractivity contribution in [1.82, 2.24) is 15.1 Å². The maximum atomic E-state index is 11.7. The Kier molecular flexibility index (Phi) is 5.62. The molecule has 1 amide bonds. The van der Waals surface area contributed by atoms with Gasteiger partial charge in [0.25, 0.3) is 0 Å². The largest absolute Gasteiger partial charge is 0.348 e. The molecule has 2 rings (SSSR count). The van der Waals surface area contributed by atoms with Crippen LogP contribution in [0.4, 0.5) is 0 Å². The standard InChI is InChI=1S/C14H27N3O3S/c1-16(2)14(18)10-17-7-5-12(6-8-17)15-13-4-3-9-21(19,20)11-13/h12-13,15H,3-11H2,1-2H3. The molecule has 0 aliphatic carbocycles. The third kappa shape index (κ3) is 5.23. The summed E-state index contributed by atoms with van der Waals surface area (Å²) in [6.07, 6.45) is 3.70. The number of likely N-dealkylation sites (N-methyl/N-ethyl adjacent to an activating group) is 1. The SMILES string of the molecule is CN(C)C(=O)CN1CCC(NC2CCCS(=O)(=O)C2)CC1. The van der Waals surface area contributed by atoms with Crippen LogP contribution in [0.15, 0.2) is 0 Å². The highest BCUT2D eigenvalue weighted by molar-refractivity contribution is 7.91. The Morgan fingerprint density at radius 3 is 2.43 bits per heavy atom. The smallest absolute Gasteiger partial charge is 0.236 e. The van der Waals surface area contributed by atoms with E-state index in [-0.39, 0.29) is 17.7 Å². The lowest BCUT2D eigenvalue weighted by Crippen LogP contribution is -2.50. The molecule has 0 aromatic rings. The fraction of sp³-hybridized carbons (Fsp3) is 0.929. The molecular weight excluding hydrogens is 290 g/mol. The molecule has 0 bridgehead atoms. The molecule has 1 atom stereocenters. The minimum absolute atomic E-state index is 0.115. The molecule has 2 saturated heterocycles. The zero-order chi connectivity index (χ0) is 15.5. The molecule has 1 N–H and O–H groups in total. The van der Waals surface area contributed by atoms with Gasteiger partial charge in [0.15, 0.2) is 9.84 Å². The maximum absolute atomic E-state index is 11.7. The van der Waals surface area contributed by atoms with E-state index in [0.29, 0.717) is 18.3 Å². The monoisotopic (exact) mass is 317 g/mol. The first kappa shape index (κ1) is 16.7. The zero-order valence-corrected chi connectivity index (χ0v) is 13.9. The van der Waals surface area contributed by atoms with Gasteiger partial charge < -0.3 is 10.2 Å². The van der Waals surface area contributed by atoms with Crippen LogP contribution in [-0.4, -0.2) is 81.4 Å². The molecule has 2 aliphatic rings. The van der Waals surface area contributed by atoms with Crippen LogP contribution in [0.5, 0.6) is 0 Å². The molecule has 0 spiro atoms. The Bertz CT molecular complexity index is 456. The minimum atomic E-state index is -2.84. The van der Waals surface area contributed by atoms with E-state index in [4.69, 9.17) is 0 Å². The summed E-state index contributed by atoms with van der Waals surface area (Å²) in [5.74, 6) is 0.766. The summed E-state index contributed by atoms with van der Waals surface area (Å²) < 4.78 is 23.3. The Labute approximate surface area is 127 Å². The van der Waals surface area contributed by atoms with E-state index in [0.717, 1.165) is 38.8 Å². The average molecular weight is 317 g/mol. The van der Waals surface area contributed by atoms with Gasteiger partial charge in [-0.15, -0.1) is 0 Å². The number of amides is 1. The number of rotatable bonds is 4. The predicted molar refractivity (Wildman–Crippen MR) is 83.0 cm³/mol. The Balaban J connectivity index is 1.73. The molecule has 0 aromatic heterocycles. The van der Waals surface area contributed by atoms with E-state index in [1.165, 1.54) is 0 Å². The number of piperidine rings is 1. The van der Waals surface area contributed by atoms with Gasteiger partial charge >= 0.3 is 0 Å². The molecule has 0 radical (unpaired) electrons. The summed E-state index contributed by atoms with van der Waals surface area (Å²) in [6, 6.07) is 0.498. The van der Waals surface area contributed by atoms with Crippen molar-refractivity contribution < 1.29 is 13.2 Å². The first-order valence-electron chi connectivity index (χ1n) is 7.75. The Morgan fingerprint density at radius 2 is 1.86 bits per heavy atom. The van der Waals surface area contributed by atoms with E-state index in [1.807, 2.05) is 0 Å². The lowest BCUT2D eigenvalue weighted by atomic mass is 10.0. The van der Waals surface area contributed by atoms with Gasteiger partial charge in [0.05, 0.1) is 18.1 Å². The van der Waals surface area contributed by atoms with Gasteiger partial charge in [0, 0.05) is 39.3 Å². The van der Waals surface area contributed by atoms with Crippen LogP contribution >= 0.6 is 0 Å². The number of likely N-dealkylation sites (tertiary alicyclic amines) is 1. The number of nitrogens with zero attached hydrogens (tertiary/aromatic N) is 2. The van der Waals surface area contributed by atoms with Crippen LogP contribution in [0, 0.1) is 0 Å². The number of hydrogen-bond donors (Lipinski definition) is 1. The molecular formula is C14H27N3O3S. The highest BCUT2D eigenvalue weighted by Gasteiger charge is 2.28. The highest BCUT2D eigenvalue weighted by atomic mass is 32.2. The molecule has 0 saturated carbocycles. The van der Waals surface area contributed by atoms with Crippen molar-refractivity contribution in [3.8, 4) is 0 Å². The number of sulfone groups is 1. The predicted octanol–water partition coefficient (Wildman–Crippen LogP) is -0.294. The van der Waals surface area contributed by atoms with Crippen molar-refractivity contribution in [3.05, 3.63) is 0 Å². The van der Waals surface area contributed by atoms with Crippen molar-refractivity contribution in [1.29, 1.82) is 0 Å². The van der Waals surface area contributed by atoms with Crippen molar-refractivity contribution >= 4 is 15.7 Å². The maximum Gasteiger partial charge on any atom is 0.236 e. The van der Waals surface area contributed by atoms with E-state index in [9.17, 15) is 13.2 Å². The number of carbonyl (C=O) groups excluding carboxylic acids is 1.